The van der Waals surface area contributed by atoms with Gasteiger partial charge in [-0.05, 0) is 47.9 Å². The Morgan fingerprint density at radius 3 is 2.41 bits per heavy atom. The van der Waals surface area contributed by atoms with Gasteiger partial charge in [-0.2, -0.15) is 0 Å². The van der Waals surface area contributed by atoms with Gasteiger partial charge in [-0.25, -0.2) is 0 Å². The third-order valence-electron chi connectivity index (χ3n) is 6.32. The minimum absolute atomic E-state index is 0.173. The number of anilines is 1. The van der Waals surface area contributed by atoms with E-state index in [4.69, 9.17) is 5.73 Å². The fourth-order valence-electron chi connectivity index (χ4n) is 4.39. The van der Waals surface area contributed by atoms with Gasteiger partial charge >= 0.3 is 0 Å². The number of aliphatic hydroxyl groups is 2. The van der Waals surface area contributed by atoms with Crippen molar-refractivity contribution in [3.8, 4) is 11.1 Å². The maximum atomic E-state index is 12.9. The van der Waals surface area contributed by atoms with Crippen LogP contribution in [-0.2, 0) is 9.59 Å². The van der Waals surface area contributed by atoms with E-state index in [1.54, 1.807) is 11.8 Å². The van der Waals surface area contributed by atoms with Crippen LogP contribution in [0, 0.1) is 0 Å². The lowest BCUT2D eigenvalue weighted by Gasteiger charge is -2.29. The van der Waals surface area contributed by atoms with Crippen LogP contribution < -0.4 is 11.1 Å². The van der Waals surface area contributed by atoms with Gasteiger partial charge in [0, 0.05) is 12.1 Å². The topological polar surface area (TPSA) is 116 Å². The molecule has 1 fully saturated rings. The van der Waals surface area contributed by atoms with E-state index in [1.807, 2.05) is 66.0 Å². The number of amides is 2. The number of carbonyl (C=O) groups excluding carboxylic acids is 2. The molecule has 0 saturated carbocycles. The van der Waals surface area contributed by atoms with Crippen molar-refractivity contribution in [3.05, 3.63) is 77.2 Å². The number of nitrogens with two attached hydrogens (primary N) is 1. The van der Waals surface area contributed by atoms with Crippen molar-refractivity contribution < 1.29 is 19.8 Å². The lowest BCUT2D eigenvalue weighted by molar-refractivity contribution is -0.154. The molecule has 34 heavy (non-hydrogen) atoms. The molecule has 4 rings (SSSR count). The van der Waals surface area contributed by atoms with Crippen molar-refractivity contribution >= 4 is 28.2 Å². The molecular weight excluding hydrogens is 450 g/mol. The summed E-state index contributed by atoms with van der Waals surface area (Å²) in [5, 5.41) is 26.3. The highest BCUT2D eigenvalue weighted by atomic mass is 32.1. The maximum absolute atomic E-state index is 12.9. The summed E-state index contributed by atoms with van der Waals surface area (Å²) in [4.78, 5) is 27.1. The quantitative estimate of drug-likeness (QED) is 0.415. The van der Waals surface area contributed by atoms with Crippen molar-refractivity contribution in [1.29, 1.82) is 0 Å². The van der Waals surface area contributed by atoms with Gasteiger partial charge in [0.25, 0.3) is 11.8 Å². The van der Waals surface area contributed by atoms with E-state index in [0.29, 0.717) is 6.54 Å². The number of benzene rings is 2. The summed E-state index contributed by atoms with van der Waals surface area (Å²) in [7, 11) is 0. The molecule has 0 aliphatic carbocycles. The molecule has 1 aromatic heterocycles. The molecule has 0 bridgehead atoms. The summed E-state index contributed by atoms with van der Waals surface area (Å²) in [5.74, 6) is -1.44. The van der Waals surface area contributed by atoms with Crippen molar-refractivity contribution in [3.63, 3.8) is 0 Å². The highest BCUT2D eigenvalue weighted by Crippen LogP contribution is 2.33. The van der Waals surface area contributed by atoms with Crippen molar-refractivity contribution in [2.45, 2.75) is 44.1 Å². The largest absolute Gasteiger partial charge is 0.390 e. The number of hydrogen-bond donors (Lipinski definition) is 4. The van der Waals surface area contributed by atoms with Crippen LogP contribution in [0.5, 0.6) is 0 Å². The number of hydrogen-bond acceptors (Lipinski definition) is 6. The molecule has 0 unspecified atom stereocenters. The molecule has 8 heteroatoms. The first-order valence-electron chi connectivity index (χ1n) is 11.3. The molecule has 4 atom stereocenters. The monoisotopic (exact) mass is 479 g/mol. The van der Waals surface area contributed by atoms with E-state index >= 15 is 0 Å². The summed E-state index contributed by atoms with van der Waals surface area (Å²) in [5.41, 5.74) is 9.72. The average molecular weight is 480 g/mol. The number of carbonyl (C=O) groups is 2. The Bertz CT molecular complexity index is 1130. The Morgan fingerprint density at radius 1 is 1.06 bits per heavy atom. The predicted octanol–water partition coefficient (Wildman–Crippen LogP) is 3.26. The molecule has 2 aromatic carbocycles. The van der Waals surface area contributed by atoms with E-state index in [-0.39, 0.29) is 6.04 Å². The average Bonchev–Trinajstić information content (AvgIpc) is 3.52. The van der Waals surface area contributed by atoms with Crippen molar-refractivity contribution in [2.75, 3.05) is 12.3 Å². The third-order valence-corrected chi connectivity index (χ3v) is 7.06. The van der Waals surface area contributed by atoms with Crippen LogP contribution in [-0.4, -0.2) is 45.7 Å². The van der Waals surface area contributed by atoms with E-state index in [1.165, 1.54) is 11.3 Å². The highest BCUT2D eigenvalue weighted by Gasteiger charge is 2.38. The molecule has 1 aliphatic rings. The summed E-state index contributed by atoms with van der Waals surface area (Å²) in [6.45, 7) is 2.25. The number of rotatable bonds is 7. The van der Waals surface area contributed by atoms with Gasteiger partial charge in [0.05, 0.1) is 17.1 Å². The predicted molar refractivity (Wildman–Crippen MR) is 133 cm³/mol. The van der Waals surface area contributed by atoms with Crippen LogP contribution in [0.25, 0.3) is 11.1 Å². The number of thiophene rings is 1. The summed E-state index contributed by atoms with van der Waals surface area (Å²) in [6, 6.07) is 18.5. The van der Waals surface area contributed by atoms with Gasteiger partial charge in [0.15, 0.2) is 12.2 Å². The second-order valence-corrected chi connectivity index (χ2v) is 9.49. The van der Waals surface area contributed by atoms with Crippen LogP contribution in [0.3, 0.4) is 0 Å². The molecule has 0 spiro atoms. The Morgan fingerprint density at radius 2 is 1.76 bits per heavy atom. The fraction of sp³-hybridized carbons (Fsp3) is 0.308. The number of aliphatic hydroxyl groups excluding tert-OH is 2. The summed E-state index contributed by atoms with van der Waals surface area (Å²) in [6.07, 6.45) is -2.13. The highest BCUT2D eigenvalue weighted by molar-refractivity contribution is 7.14. The molecule has 1 saturated heterocycles. The second-order valence-electron chi connectivity index (χ2n) is 8.54. The zero-order chi connectivity index (χ0) is 24.2. The maximum Gasteiger partial charge on any atom is 0.255 e. The van der Waals surface area contributed by atoms with Crippen molar-refractivity contribution in [2.24, 2.45) is 0 Å². The first-order valence-corrected chi connectivity index (χ1v) is 12.2. The first-order chi connectivity index (χ1) is 16.4. The first kappa shape index (κ1) is 23.9. The molecule has 0 radical (unpaired) electrons. The zero-order valence-electron chi connectivity index (χ0n) is 18.9. The van der Waals surface area contributed by atoms with E-state index in [9.17, 15) is 19.8 Å². The smallest absolute Gasteiger partial charge is 0.255 e. The van der Waals surface area contributed by atoms with Crippen LogP contribution >= 0.6 is 11.3 Å². The molecule has 5 N–H and O–H groups in total. The Labute approximate surface area is 202 Å². The van der Waals surface area contributed by atoms with E-state index in [0.717, 1.165) is 40.1 Å². The van der Waals surface area contributed by atoms with Gasteiger partial charge in [-0.1, -0.05) is 54.6 Å². The van der Waals surface area contributed by atoms with Crippen LogP contribution in [0.4, 0.5) is 5.00 Å². The molecule has 178 valence electrons. The van der Waals surface area contributed by atoms with Gasteiger partial charge in [-0.15, -0.1) is 11.3 Å². The van der Waals surface area contributed by atoms with Gasteiger partial charge in [-0.3, -0.25) is 9.59 Å². The van der Waals surface area contributed by atoms with E-state index in [2.05, 4.69) is 5.32 Å². The molecule has 2 amide bonds. The van der Waals surface area contributed by atoms with Gasteiger partial charge in [0.2, 0.25) is 0 Å². The number of likely N-dealkylation sites (tertiary alicyclic amines) is 1. The minimum Gasteiger partial charge on any atom is -0.390 e. The number of nitrogens with zero attached hydrogens (tertiary/aromatic N) is 1. The Balaban J connectivity index is 1.38. The molecule has 2 heterocycles. The normalized spacial score (nSPS) is 18.3. The summed E-state index contributed by atoms with van der Waals surface area (Å²) < 4.78 is 0. The fourth-order valence-corrected chi connectivity index (χ4v) is 5.06. The van der Waals surface area contributed by atoms with Gasteiger partial charge in [0.1, 0.15) is 0 Å². The van der Waals surface area contributed by atoms with E-state index < -0.39 is 30.1 Å². The number of nitrogens with one attached hydrogen (secondary N) is 1. The van der Waals surface area contributed by atoms with Crippen LogP contribution in [0.15, 0.2) is 66.0 Å². The lowest BCUT2D eigenvalue weighted by atomic mass is 10.0. The Hall–Kier alpha value is -3.20. The third kappa shape index (κ3) is 4.99. The lowest BCUT2D eigenvalue weighted by Crippen LogP contribution is -2.50. The number of nitrogen functional groups attached to an aromatic ring is 1. The second kappa shape index (κ2) is 10.4. The molecule has 7 nitrogen and oxygen atoms in total. The molecule has 3 aromatic rings. The van der Waals surface area contributed by atoms with Crippen LogP contribution in [0.2, 0.25) is 0 Å². The van der Waals surface area contributed by atoms with Gasteiger partial charge < -0.3 is 26.2 Å². The standard InChI is InChI=1S/C26H29N3O4S/c1-16(17-9-11-18(12-10-17)20-13-15-34-24(20)27)28-25(32)22(30)23(31)26(33)29-14-5-8-21(29)19-6-3-2-4-7-19/h2-4,6-7,9-13,15-16,21-23,30-31H,5,8,14,27H2,1H3,(H,28,32)/t16-,21-,22-,23-/m1/s1. The van der Waals surface area contributed by atoms with Crippen LogP contribution in [0.1, 0.15) is 43.0 Å². The zero-order valence-corrected chi connectivity index (χ0v) is 19.7. The minimum atomic E-state index is -1.86. The van der Waals surface area contributed by atoms with Crippen molar-refractivity contribution in [1.82, 2.24) is 10.2 Å². The molecular formula is C26H29N3O4S. The molecule has 1 aliphatic heterocycles. The Kier molecular flexibility index (Phi) is 7.31. The summed E-state index contributed by atoms with van der Waals surface area (Å²) >= 11 is 1.47. The SMILES string of the molecule is C[C@@H](NC(=O)[C@H](O)[C@@H](O)C(=O)N1CCC[C@@H]1c1ccccc1)c1ccc(-c2ccsc2N)cc1.